The summed E-state index contributed by atoms with van der Waals surface area (Å²) in [5.41, 5.74) is 2.48. The van der Waals surface area contributed by atoms with Crippen molar-refractivity contribution in [2.45, 2.75) is 11.6 Å². The van der Waals surface area contributed by atoms with E-state index in [-0.39, 0.29) is 29.1 Å². The van der Waals surface area contributed by atoms with Crippen molar-refractivity contribution in [2.75, 3.05) is 11.1 Å². The van der Waals surface area contributed by atoms with Crippen molar-refractivity contribution < 1.29 is 14.0 Å². The summed E-state index contributed by atoms with van der Waals surface area (Å²) in [6.45, 7) is 0. The van der Waals surface area contributed by atoms with Crippen LogP contribution in [0.25, 0.3) is 11.5 Å². The molecule has 0 fully saturated rings. The quantitative estimate of drug-likeness (QED) is 0.483. The maximum atomic E-state index is 12.5. The van der Waals surface area contributed by atoms with Crippen LogP contribution in [0.4, 0.5) is 5.69 Å². The fraction of sp³-hybridized carbons (Fsp3) is 0.111. The molecule has 0 aliphatic carbocycles. The zero-order valence-corrected chi connectivity index (χ0v) is 16.0. The maximum absolute atomic E-state index is 12.5. The van der Waals surface area contributed by atoms with E-state index in [1.807, 2.05) is 0 Å². The molecule has 2 heterocycles. The highest BCUT2D eigenvalue weighted by Crippen LogP contribution is 2.31. The lowest BCUT2D eigenvalue weighted by atomic mass is 10.1. The zero-order valence-electron chi connectivity index (χ0n) is 13.7. The van der Waals surface area contributed by atoms with Crippen LogP contribution in [-0.2, 0) is 11.2 Å². The van der Waals surface area contributed by atoms with Gasteiger partial charge in [-0.1, -0.05) is 41.0 Å². The molecule has 6 nitrogen and oxygen atoms in total. The fourth-order valence-corrected chi connectivity index (χ4v) is 3.78. The van der Waals surface area contributed by atoms with Crippen molar-refractivity contribution in [2.24, 2.45) is 0 Å². The molecule has 0 bridgehead atoms. The Morgan fingerprint density at radius 1 is 1.22 bits per heavy atom. The van der Waals surface area contributed by atoms with Crippen molar-refractivity contribution in [3.63, 3.8) is 0 Å². The average molecular weight is 420 g/mol. The van der Waals surface area contributed by atoms with Crippen molar-refractivity contribution in [1.82, 2.24) is 10.2 Å². The SMILES string of the molecule is O=C1Cc2cc(C(=O)CSc3nnc(-c4cccc(Cl)c4)o3)c(Cl)cc2N1. The number of carbonyl (C=O) groups is 2. The Hall–Kier alpha value is -2.35. The second-order valence-corrected chi connectivity index (χ2v) is 7.58. The summed E-state index contributed by atoms with van der Waals surface area (Å²) in [6.07, 6.45) is 0.243. The molecule has 9 heteroatoms. The number of thioether (sulfide) groups is 1. The van der Waals surface area contributed by atoms with Gasteiger partial charge in [-0.25, -0.2) is 0 Å². The van der Waals surface area contributed by atoms with Gasteiger partial charge in [0.15, 0.2) is 5.78 Å². The van der Waals surface area contributed by atoms with Gasteiger partial charge in [-0.15, -0.1) is 10.2 Å². The van der Waals surface area contributed by atoms with Gasteiger partial charge in [0, 0.05) is 21.8 Å². The van der Waals surface area contributed by atoms with Crippen LogP contribution >= 0.6 is 35.0 Å². The van der Waals surface area contributed by atoms with Crippen LogP contribution in [0.2, 0.25) is 10.0 Å². The highest BCUT2D eigenvalue weighted by atomic mass is 35.5. The standard InChI is InChI=1S/C18H11Cl2N3O3S/c19-11-3-1-2-9(4-11)17-22-23-18(26-17)27-8-15(24)12-5-10-6-16(25)21-14(10)7-13(12)20/h1-5,7H,6,8H2,(H,21,25). The van der Waals surface area contributed by atoms with Crippen LogP contribution in [0.3, 0.4) is 0 Å². The first-order valence-electron chi connectivity index (χ1n) is 7.87. The first-order chi connectivity index (χ1) is 13.0. The molecule has 1 amide bonds. The van der Waals surface area contributed by atoms with Gasteiger partial charge >= 0.3 is 0 Å². The van der Waals surface area contributed by atoms with E-state index in [9.17, 15) is 9.59 Å². The second-order valence-electron chi connectivity index (χ2n) is 5.81. The number of rotatable bonds is 5. The van der Waals surface area contributed by atoms with E-state index in [0.29, 0.717) is 32.8 Å². The van der Waals surface area contributed by atoms with Crippen LogP contribution in [0, 0.1) is 0 Å². The number of Topliss-reactive ketones (excluding diaryl/α,β-unsaturated/α-hetero) is 1. The van der Waals surface area contributed by atoms with Crippen LogP contribution < -0.4 is 5.32 Å². The van der Waals surface area contributed by atoms with Crippen LogP contribution in [0.1, 0.15) is 15.9 Å². The molecule has 2 aromatic carbocycles. The minimum atomic E-state index is -0.186. The van der Waals surface area contributed by atoms with E-state index < -0.39 is 0 Å². The molecule has 1 aromatic heterocycles. The number of benzene rings is 2. The molecule has 0 saturated carbocycles. The summed E-state index contributed by atoms with van der Waals surface area (Å²) >= 11 is 13.3. The highest BCUT2D eigenvalue weighted by Gasteiger charge is 2.22. The second kappa shape index (κ2) is 7.34. The number of hydrogen-bond acceptors (Lipinski definition) is 6. The molecule has 1 aliphatic rings. The van der Waals surface area contributed by atoms with Crippen molar-refractivity contribution in [1.29, 1.82) is 0 Å². The molecule has 0 radical (unpaired) electrons. The molecule has 1 aliphatic heterocycles. The van der Waals surface area contributed by atoms with Crippen LogP contribution in [0.15, 0.2) is 46.0 Å². The number of anilines is 1. The van der Waals surface area contributed by atoms with Gasteiger partial charge in [0.1, 0.15) is 0 Å². The number of halogens is 2. The molecule has 27 heavy (non-hydrogen) atoms. The van der Waals surface area contributed by atoms with E-state index in [0.717, 1.165) is 17.3 Å². The van der Waals surface area contributed by atoms with Gasteiger partial charge < -0.3 is 9.73 Å². The molecule has 0 spiro atoms. The third kappa shape index (κ3) is 3.85. The molecule has 0 unspecified atom stereocenters. The summed E-state index contributed by atoms with van der Waals surface area (Å²) in [4.78, 5) is 24.0. The van der Waals surface area contributed by atoms with Crippen molar-refractivity contribution >= 4 is 52.3 Å². The summed E-state index contributed by atoms with van der Waals surface area (Å²) < 4.78 is 5.57. The number of ketones is 1. The number of carbonyl (C=O) groups excluding carboxylic acids is 2. The van der Waals surface area contributed by atoms with Gasteiger partial charge in [0.25, 0.3) is 5.22 Å². The number of fused-ring (bicyclic) bond motifs is 1. The Kier molecular flexibility index (Phi) is 4.90. The molecular formula is C18H11Cl2N3O3S. The lowest BCUT2D eigenvalue weighted by molar-refractivity contribution is -0.115. The Bertz CT molecular complexity index is 1070. The monoisotopic (exact) mass is 419 g/mol. The Morgan fingerprint density at radius 2 is 2.07 bits per heavy atom. The van der Waals surface area contributed by atoms with Gasteiger partial charge in [0.2, 0.25) is 11.8 Å². The zero-order chi connectivity index (χ0) is 19.0. The number of hydrogen-bond donors (Lipinski definition) is 1. The predicted octanol–water partition coefficient (Wildman–Crippen LogP) is 4.51. The predicted molar refractivity (Wildman–Crippen MR) is 104 cm³/mol. The van der Waals surface area contributed by atoms with E-state index in [1.165, 1.54) is 0 Å². The molecule has 0 saturated heterocycles. The summed E-state index contributed by atoms with van der Waals surface area (Å²) in [6, 6.07) is 10.3. The normalized spacial score (nSPS) is 12.7. The van der Waals surface area contributed by atoms with E-state index in [4.69, 9.17) is 27.6 Å². The molecule has 0 atom stereocenters. The largest absolute Gasteiger partial charge is 0.411 e. The smallest absolute Gasteiger partial charge is 0.277 e. The Balaban J connectivity index is 1.46. The molecule has 4 rings (SSSR count). The third-order valence-corrected chi connectivity index (χ3v) is 5.29. The third-order valence-electron chi connectivity index (χ3n) is 3.92. The number of aromatic nitrogens is 2. The Morgan fingerprint density at radius 3 is 2.89 bits per heavy atom. The van der Waals surface area contributed by atoms with Gasteiger partial charge in [-0.2, -0.15) is 0 Å². The van der Waals surface area contributed by atoms with Gasteiger partial charge in [-0.3, -0.25) is 9.59 Å². The maximum Gasteiger partial charge on any atom is 0.277 e. The minimum Gasteiger partial charge on any atom is -0.411 e. The fourth-order valence-electron chi connectivity index (χ4n) is 2.67. The molecule has 3 aromatic rings. The Labute approximate surface area is 168 Å². The van der Waals surface area contributed by atoms with Gasteiger partial charge in [0.05, 0.1) is 17.2 Å². The average Bonchev–Trinajstić information content (AvgIpc) is 3.24. The summed E-state index contributed by atoms with van der Waals surface area (Å²) in [5.74, 6) is 0.110. The summed E-state index contributed by atoms with van der Waals surface area (Å²) in [5, 5.41) is 11.7. The van der Waals surface area contributed by atoms with E-state index in [2.05, 4.69) is 15.5 Å². The number of nitrogens with zero attached hydrogens (tertiary/aromatic N) is 2. The summed E-state index contributed by atoms with van der Waals surface area (Å²) in [7, 11) is 0. The molecule has 136 valence electrons. The first-order valence-corrected chi connectivity index (χ1v) is 9.61. The topological polar surface area (TPSA) is 85.1 Å². The highest BCUT2D eigenvalue weighted by molar-refractivity contribution is 7.99. The number of nitrogens with one attached hydrogen (secondary N) is 1. The van der Waals surface area contributed by atoms with E-state index >= 15 is 0 Å². The molecule has 1 N–H and O–H groups in total. The lowest BCUT2D eigenvalue weighted by Gasteiger charge is -2.06. The van der Waals surface area contributed by atoms with Crippen LogP contribution in [-0.4, -0.2) is 27.6 Å². The van der Waals surface area contributed by atoms with Crippen molar-refractivity contribution in [3.05, 3.63) is 57.6 Å². The molecular weight excluding hydrogens is 409 g/mol. The van der Waals surface area contributed by atoms with E-state index in [1.54, 1.807) is 36.4 Å². The van der Waals surface area contributed by atoms with Crippen LogP contribution in [0.5, 0.6) is 0 Å². The van der Waals surface area contributed by atoms with Crippen molar-refractivity contribution in [3.8, 4) is 11.5 Å². The van der Waals surface area contributed by atoms with Gasteiger partial charge in [-0.05, 0) is 35.9 Å². The minimum absolute atomic E-state index is 0.0804. The number of amides is 1. The lowest BCUT2D eigenvalue weighted by Crippen LogP contribution is -2.04. The first kappa shape index (κ1) is 18.0.